The second-order valence-electron chi connectivity index (χ2n) is 4.15. The third kappa shape index (κ3) is 1.94. The van der Waals surface area contributed by atoms with Crippen LogP contribution in [0.1, 0.15) is 31.3 Å². The summed E-state index contributed by atoms with van der Waals surface area (Å²) >= 11 is 0. The summed E-state index contributed by atoms with van der Waals surface area (Å²) < 4.78 is 5.76. The normalized spacial score (nSPS) is 10.7. The minimum atomic E-state index is 0.399. The Kier molecular flexibility index (Phi) is 2.95. The first kappa shape index (κ1) is 10.7. The molecule has 16 heavy (non-hydrogen) atoms. The van der Waals surface area contributed by atoms with Gasteiger partial charge in [0.05, 0.1) is 0 Å². The minimum Gasteiger partial charge on any atom is -0.461 e. The molecule has 0 radical (unpaired) electrons. The molecule has 0 fully saturated rings. The van der Waals surface area contributed by atoms with Crippen molar-refractivity contribution >= 4 is 6.08 Å². The third-order valence-corrected chi connectivity index (χ3v) is 2.62. The molecule has 0 atom stereocenters. The van der Waals surface area contributed by atoms with Crippen molar-refractivity contribution in [2.75, 3.05) is 0 Å². The third-order valence-electron chi connectivity index (χ3n) is 2.62. The molecule has 0 aliphatic carbocycles. The van der Waals surface area contributed by atoms with Crippen molar-refractivity contribution in [2.24, 2.45) is 0 Å². The Labute approximate surface area is 96.4 Å². The Morgan fingerprint density at radius 2 is 1.88 bits per heavy atom. The molecule has 0 bridgehead atoms. The van der Waals surface area contributed by atoms with Crippen molar-refractivity contribution in [3.63, 3.8) is 0 Å². The van der Waals surface area contributed by atoms with Crippen LogP contribution in [-0.2, 0) is 0 Å². The maximum absolute atomic E-state index is 5.76. The number of benzene rings is 1. The summed E-state index contributed by atoms with van der Waals surface area (Å²) in [6, 6.07) is 12.4. The van der Waals surface area contributed by atoms with Gasteiger partial charge in [-0.25, -0.2) is 0 Å². The maximum Gasteiger partial charge on any atom is 0.134 e. The molecule has 0 aliphatic heterocycles. The Hall–Kier alpha value is -1.76. The molecule has 1 heterocycles. The molecule has 1 nitrogen and oxygen atoms in total. The van der Waals surface area contributed by atoms with Crippen LogP contribution in [0.4, 0.5) is 0 Å². The largest absolute Gasteiger partial charge is 0.461 e. The predicted molar refractivity (Wildman–Crippen MR) is 68.3 cm³/mol. The van der Waals surface area contributed by atoms with Crippen molar-refractivity contribution in [1.29, 1.82) is 0 Å². The standard InChI is InChI=1S/C15H16O/c1-4-14-13(10-15(16-14)11(2)3)12-8-6-5-7-9-12/h4-11H,1H2,2-3H3. The van der Waals surface area contributed by atoms with E-state index in [9.17, 15) is 0 Å². The van der Waals surface area contributed by atoms with Crippen LogP contribution in [0.5, 0.6) is 0 Å². The lowest BCUT2D eigenvalue weighted by molar-refractivity contribution is 0.480. The first-order valence-electron chi connectivity index (χ1n) is 5.54. The molecule has 0 aliphatic rings. The Morgan fingerprint density at radius 3 is 2.44 bits per heavy atom. The van der Waals surface area contributed by atoms with E-state index in [4.69, 9.17) is 4.42 Å². The van der Waals surface area contributed by atoms with E-state index in [-0.39, 0.29) is 0 Å². The first-order valence-corrected chi connectivity index (χ1v) is 5.54. The van der Waals surface area contributed by atoms with Gasteiger partial charge in [-0.3, -0.25) is 0 Å². The molecule has 0 N–H and O–H groups in total. The number of furan rings is 1. The molecule has 0 unspecified atom stereocenters. The average molecular weight is 212 g/mol. The molecular formula is C15H16O. The lowest BCUT2D eigenvalue weighted by Crippen LogP contribution is -1.80. The zero-order valence-electron chi connectivity index (χ0n) is 9.73. The molecule has 1 heteroatoms. The van der Waals surface area contributed by atoms with E-state index in [0.29, 0.717) is 5.92 Å². The summed E-state index contributed by atoms with van der Waals surface area (Å²) in [6.07, 6.45) is 1.77. The molecule has 0 saturated heterocycles. The van der Waals surface area contributed by atoms with Crippen molar-refractivity contribution < 1.29 is 4.42 Å². The zero-order chi connectivity index (χ0) is 11.5. The summed E-state index contributed by atoms with van der Waals surface area (Å²) in [7, 11) is 0. The summed E-state index contributed by atoms with van der Waals surface area (Å²) in [4.78, 5) is 0. The summed E-state index contributed by atoms with van der Waals surface area (Å²) in [5.74, 6) is 2.26. The fourth-order valence-corrected chi connectivity index (χ4v) is 1.70. The lowest BCUT2D eigenvalue weighted by atomic mass is 10.0. The van der Waals surface area contributed by atoms with E-state index in [1.165, 1.54) is 5.56 Å². The van der Waals surface area contributed by atoms with Gasteiger partial charge >= 0.3 is 0 Å². The van der Waals surface area contributed by atoms with Crippen molar-refractivity contribution in [1.82, 2.24) is 0 Å². The molecular weight excluding hydrogens is 196 g/mol. The van der Waals surface area contributed by atoms with Crippen LogP contribution in [0.3, 0.4) is 0 Å². The van der Waals surface area contributed by atoms with E-state index in [1.807, 2.05) is 18.2 Å². The van der Waals surface area contributed by atoms with E-state index in [1.54, 1.807) is 6.08 Å². The van der Waals surface area contributed by atoms with Gasteiger partial charge in [0.15, 0.2) is 0 Å². The average Bonchev–Trinajstić information content (AvgIpc) is 2.74. The van der Waals surface area contributed by atoms with Gasteiger partial charge in [0.1, 0.15) is 11.5 Å². The van der Waals surface area contributed by atoms with E-state index >= 15 is 0 Å². The Balaban J connectivity index is 2.52. The van der Waals surface area contributed by atoms with Gasteiger partial charge in [-0.1, -0.05) is 50.8 Å². The molecule has 0 amide bonds. The second kappa shape index (κ2) is 4.40. The number of hydrogen-bond acceptors (Lipinski definition) is 1. The SMILES string of the molecule is C=Cc1oc(C(C)C)cc1-c1ccccc1. The number of hydrogen-bond donors (Lipinski definition) is 0. The molecule has 2 rings (SSSR count). The topological polar surface area (TPSA) is 13.1 Å². The Morgan fingerprint density at radius 1 is 1.19 bits per heavy atom. The molecule has 82 valence electrons. The molecule has 0 spiro atoms. The van der Waals surface area contributed by atoms with Crippen LogP contribution in [0.2, 0.25) is 0 Å². The summed E-state index contributed by atoms with van der Waals surface area (Å²) in [6.45, 7) is 8.05. The first-order chi connectivity index (χ1) is 7.72. The summed E-state index contributed by atoms with van der Waals surface area (Å²) in [5.41, 5.74) is 2.30. The van der Waals surface area contributed by atoms with Crippen LogP contribution in [0.15, 0.2) is 47.4 Å². The monoisotopic (exact) mass is 212 g/mol. The van der Waals surface area contributed by atoms with Crippen LogP contribution in [0, 0.1) is 0 Å². The maximum atomic E-state index is 5.76. The smallest absolute Gasteiger partial charge is 0.134 e. The van der Waals surface area contributed by atoms with Gasteiger partial charge in [0.25, 0.3) is 0 Å². The number of rotatable bonds is 3. The molecule has 0 saturated carbocycles. The molecule has 1 aromatic carbocycles. The highest BCUT2D eigenvalue weighted by Gasteiger charge is 2.12. The molecule has 2 aromatic rings. The van der Waals surface area contributed by atoms with Gasteiger partial charge in [-0.05, 0) is 17.7 Å². The van der Waals surface area contributed by atoms with Crippen molar-refractivity contribution in [2.45, 2.75) is 19.8 Å². The van der Waals surface area contributed by atoms with Gasteiger partial charge in [0, 0.05) is 11.5 Å². The van der Waals surface area contributed by atoms with E-state index < -0.39 is 0 Å². The van der Waals surface area contributed by atoms with E-state index in [0.717, 1.165) is 17.1 Å². The quantitative estimate of drug-likeness (QED) is 0.718. The van der Waals surface area contributed by atoms with Crippen molar-refractivity contribution in [3.05, 3.63) is 54.5 Å². The predicted octanol–water partition coefficient (Wildman–Crippen LogP) is 4.71. The lowest BCUT2D eigenvalue weighted by Gasteiger charge is -1.97. The van der Waals surface area contributed by atoms with Crippen LogP contribution >= 0.6 is 0 Å². The van der Waals surface area contributed by atoms with Gasteiger partial charge in [-0.15, -0.1) is 0 Å². The van der Waals surface area contributed by atoms with Crippen molar-refractivity contribution in [3.8, 4) is 11.1 Å². The fraction of sp³-hybridized carbons (Fsp3) is 0.200. The fourth-order valence-electron chi connectivity index (χ4n) is 1.70. The van der Waals surface area contributed by atoms with Crippen LogP contribution in [-0.4, -0.2) is 0 Å². The van der Waals surface area contributed by atoms with Gasteiger partial charge in [0.2, 0.25) is 0 Å². The minimum absolute atomic E-state index is 0.399. The van der Waals surface area contributed by atoms with Crippen LogP contribution in [0.25, 0.3) is 17.2 Å². The van der Waals surface area contributed by atoms with Gasteiger partial charge < -0.3 is 4.42 Å². The summed E-state index contributed by atoms with van der Waals surface area (Å²) in [5, 5.41) is 0. The van der Waals surface area contributed by atoms with Gasteiger partial charge in [-0.2, -0.15) is 0 Å². The highest BCUT2D eigenvalue weighted by Crippen LogP contribution is 2.31. The molecule has 1 aromatic heterocycles. The van der Waals surface area contributed by atoms with Crippen LogP contribution < -0.4 is 0 Å². The zero-order valence-corrected chi connectivity index (χ0v) is 9.73. The Bertz CT molecular complexity index is 477. The van der Waals surface area contributed by atoms with E-state index in [2.05, 4.69) is 38.6 Å². The second-order valence-corrected chi connectivity index (χ2v) is 4.15. The highest BCUT2D eigenvalue weighted by atomic mass is 16.3. The highest BCUT2D eigenvalue weighted by molar-refractivity contribution is 5.72.